The molecule has 0 aromatic rings. The van der Waals surface area contributed by atoms with Crippen LogP contribution in [0.4, 0.5) is 13.2 Å². The molecule has 0 bridgehead atoms. The molecule has 1 N–H and O–H groups in total. The number of hydrogen-bond acceptors (Lipinski definition) is 4. The van der Waals surface area contributed by atoms with Crippen LogP contribution in [0.25, 0.3) is 0 Å². The van der Waals surface area contributed by atoms with Gasteiger partial charge in [0.1, 0.15) is 6.04 Å². The zero-order valence-electron chi connectivity index (χ0n) is 13.9. The molecule has 2 heterocycles. The molecule has 1 aliphatic carbocycles. The standard InChI is InChI=1S/C16H23F3N2O3S/c17-16(18,19)13(22)11-6-3-7-20(11)15(24)12-8-25-9-21(12)14(23)10-4-1-2-5-10/h10-13,22H,1-9H2/t11-,12-,13-/m1/s1. The second-order valence-electron chi connectivity index (χ2n) is 7.03. The lowest BCUT2D eigenvalue weighted by Gasteiger charge is -2.34. The smallest absolute Gasteiger partial charge is 0.382 e. The van der Waals surface area contributed by atoms with Gasteiger partial charge in [-0.25, -0.2) is 0 Å². The molecule has 25 heavy (non-hydrogen) atoms. The van der Waals surface area contributed by atoms with Crippen LogP contribution in [0.2, 0.25) is 0 Å². The van der Waals surface area contributed by atoms with Crippen LogP contribution in [0, 0.1) is 5.92 Å². The Morgan fingerprint density at radius 3 is 2.36 bits per heavy atom. The number of amides is 2. The van der Waals surface area contributed by atoms with E-state index in [0.29, 0.717) is 18.1 Å². The van der Waals surface area contributed by atoms with Gasteiger partial charge in [0.15, 0.2) is 6.10 Å². The van der Waals surface area contributed by atoms with E-state index in [1.807, 2.05) is 0 Å². The predicted octanol–water partition coefficient (Wildman–Crippen LogP) is 1.99. The van der Waals surface area contributed by atoms with Crippen molar-refractivity contribution in [3.8, 4) is 0 Å². The molecule has 142 valence electrons. The van der Waals surface area contributed by atoms with Crippen molar-refractivity contribution in [2.24, 2.45) is 5.92 Å². The van der Waals surface area contributed by atoms with Crippen molar-refractivity contribution < 1.29 is 27.9 Å². The van der Waals surface area contributed by atoms with Crippen LogP contribution in [-0.4, -0.2) is 69.3 Å². The summed E-state index contributed by atoms with van der Waals surface area (Å²) in [5.41, 5.74) is 0. The number of nitrogens with zero attached hydrogens (tertiary/aromatic N) is 2. The second-order valence-corrected chi connectivity index (χ2v) is 8.03. The molecule has 0 aromatic carbocycles. The summed E-state index contributed by atoms with van der Waals surface area (Å²) in [6.45, 7) is 0.198. The molecular weight excluding hydrogens is 357 g/mol. The van der Waals surface area contributed by atoms with Gasteiger partial charge in [0.2, 0.25) is 11.8 Å². The Hall–Kier alpha value is -0.960. The molecule has 3 atom stereocenters. The highest BCUT2D eigenvalue weighted by Gasteiger charge is 2.50. The van der Waals surface area contributed by atoms with E-state index >= 15 is 0 Å². The van der Waals surface area contributed by atoms with E-state index < -0.39 is 30.3 Å². The molecule has 0 radical (unpaired) electrons. The monoisotopic (exact) mass is 380 g/mol. The maximum Gasteiger partial charge on any atom is 0.416 e. The first kappa shape index (κ1) is 18.8. The van der Waals surface area contributed by atoms with E-state index in [1.165, 1.54) is 11.8 Å². The third kappa shape index (κ3) is 3.77. The Morgan fingerprint density at radius 2 is 1.72 bits per heavy atom. The Morgan fingerprint density at radius 1 is 1.04 bits per heavy atom. The Balaban J connectivity index is 1.71. The van der Waals surface area contributed by atoms with E-state index in [1.54, 1.807) is 4.90 Å². The highest BCUT2D eigenvalue weighted by atomic mass is 32.2. The van der Waals surface area contributed by atoms with Crippen molar-refractivity contribution in [1.29, 1.82) is 0 Å². The van der Waals surface area contributed by atoms with E-state index in [4.69, 9.17) is 0 Å². The van der Waals surface area contributed by atoms with Gasteiger partial charge < -0.3 is 14.9 Å². The molecule has 2 saturated heterocycles. The minimum absolute atomic E-state index is 0.0482. The molecule has 3 rings (SSSR count). The minimum Gasteiger partial charge on any atom is -0.382 e. The number of halogens is 3. The van der Waals surface area contributed by atoms with E-state index in [-0.39, 0.29) is 24.8 Å². The summed E-state index contributed by atoms with van der Waals surface area (Å²) >= 11 is 1.45. The van der Waals surface area contributed by atoms with E-state index in [9.17, 15) is 27.9 Å². The lowest BCUT2D eigenvalue weighted by Crippen LogP contribution is -2.55. The van der Waals surface area contributed by atoms with Gasteiger partial charge in [-0.3, -0.25) is 9.59 Å². The van der Waals surface area contributed by atoms with Crippen molar-refractivity contribution in [1.82, 2.24) is 9.80 Å². The minimum atomic E-state index is -4.75. The van der Waals surface area contributed by atoms with Gasteiger partial charge in [-0.15, -0.1) is 11.8 Å². The number of aliphatic hydroxyl groups excluding tert-OH is 1. The lowest BCUT2D eigenvalue weighted by molar-refractivity contribution is -0.219. The van der Waals surface area contributed by atoms with E-state index in [0.717, 1.165) is 30.6 Å². The van der Waals surface area contributed by atoms with Crippen molar-refractivity contribution in [3.05, 3.63) is 0 Å². The summed E-state index contributed by atoms with van der Waals surface area (Å²) in [6.07, 6.45) is -3.09. The highest BCUT2D eigenvalue weighted by molar-refractivity contribution is 7.99. The van der Waals surface area contributed by atoms with Gasteiger partial charge >= 0.3 is 6.18 Å². The van der Waals surface area contributed by atoms with Crippen molar-refractivity contribution >= 4 is 23.6 Å². The summed E-state index contributed by atoms with van der Waals surface area (Å²) < 4.78 is 38.6. The summed E-state index contributed by atoms with van der Waals surface area (Å²) in [4.78, 5) is 28.2. The summed E-state index contributed by atoms with van der Waals surface area (Å²) in [5, 5.41) is 9.59. The normalized spacial score (nSPS) is 29.4. The van der Waals surface area contributed by atoms with Gasteiger partial charge in [0.25, 0.3) is 0 Å². The van der Waals surface area contributed by atoms with Crippen LogP contribution in [0.5, 0.6) is 0 Å². The number of alkyl halides is 3. The van der Waals surface area contributed by atoms with Crippen LogP contribution >= 0.6 is 11.8 Å². The van der Waals surface area contributed by atoms with Crippen LogP contribution in [0.1, 0.15) is 38.5 Å². The van der Waals surface area contributed by atoms with Gasteiger partial charge in [0, 0.05) is 18.2 Å². The molecule has 0 unspecified atom stereocenters. The third-order valence-electron chi connectivity index (χ3n) is 5.44. The van der Waals surface area contributed by atoms with E-state index in [2.05, 4.69) is 0 Å². The van der Waals surface area contributed by atoms with Crippen LogP contribution in [0.3, 0.4) is 0 Å². The van der Waals surface area contributed by atoms with Gasteiger partial charge in [0.05, 0.1) is 11.9 Å². The molecule has 0 spiro atoms. The zero-order chi connectivity index (χ0) is 18.2. The number of aliphatic hydroxyl groups is 1. The fourth-order valence-electron chi connectivity index (χ4n) is 4.08. The Bertz CT molecular complexity index is 525. The molecule has 5 nitrogen and oxygen atoms in total. The topological polar surface area (TPSA) is 60.9 Å². The first-order chi connectivity index (χ1) is 11.8. The molecular formula is C16H23F3N2O3S. The highest BCUT2D eigenvalue weighted by Crippen LogP contribution is 2.34. The summed E-state index contributed by atoms with van der Waals surface area (Å²) in [6, 6.07) is -1.96. The van der Waals surface area contributed by atoms with Gasteiger partial charge in [-0.05, 0) is 25.7 Å². The molecule has 3 fully saturated rings. The number of carbonyl (C=O) groups excluding carboxylic acids is 2. The van der Waals surface area contributed by atoms with Crippen LogP contribution in [-0.2, 0) is 9.59 Å². The van der Waals surface area contributed by atoms with Gasteiger partial charge in [-0.2, -0.15) is 13.2 Å². The fourth-order valence-corrected chi connectivity index (χ4v) is 5.23. The van der Waals surface area contributed by atoms with Crippen molar-refractivity contribution in [2.75, 3.05) is 18.2 Å². The number of carbonyl (C=O) groups is 2. The number of hydrogen-bond donors (Lipinski definition) is 1. The quantitative estimate of drug-likeness (QED) is 0.814. The zero-order valence-corrected chi connectivity index (χ0v) is 14.7. The number of thioether (sulfide) groups is 1. The molecule has 2 aliphatic heterocycles. The average molecular weight is 380 g/mol. The molecule has 3 aliphatic rings. The molecule has 9 heteroatoms. The summed E-state index contributed by atoms with van der Waals surface area (Å²) in [5.74, 6) is 0.244. The van der Waals surface area contributed by atoms with Crippen molar-refractivity contribution in [3.63, 3.8) is 0 Å². The fraction of sp³-hybridized carbons (Fsp3) is 0.875. The predicted molar refractivity (Wildman–Crippen MR) is 86.7 cm³/mol. The molecule has 2 amide bonds. The first-order valence-electron chi connectivity index (χ1n) is 8.74. The maximum absolute atomic E-state index is 12.9. The largest absolute Gasteiger partial charge is 0.416 e. The van der Waals surface area contributed by atoms with Crippen LogP contribution in [0.15, 0.2) is 0 Å². The lowest BCUT2D eigenvalue weighted by atomic mass is 10.0. The van der Waals surface area contributed by atoms with Crippen molar-refractivity contribution in [2.45, 2.75) is 62.9 Å². The van der Waals surface area contributed by atoms with Gasteiger partial charge in [-0.1, -0.05) is 12.8 Å². The number of rotatable bonds is 3. The number of likely N-dealkylation sites (tertiary alicyclic amines) is 1. The summed E-state index contributed by atoms with van der Waals surface area (Å²) in [7, 11) is 0. The van der Waals surface area contributed by atoms with Crippen LogP contribution < -0.4 is 0 Å². The first-order valence-corrected chi connectivity index (χ1v) is 9.89. The second kappa shape index (κ2) is 7.34. The Labute approximate surface area is 148 Å². The SMILES string of the molecule is O=C(C1CCCC1)N1CSC[C@@H]1C(=O)N1CCC[C@@H]1[C@@H](O)C(F)(F)F. The molecule has 1 saturated carbocycles. The Kier molecular flexibility index (Phi) is 5.53. The maximum atomic E-state index is 12.9. The molecule has 0 aromatic heterocycles. The average Bonchev–Trinajstić information content (AvgIpc) is 3.32. The third-order valence-corrected chi connectivity index (χ3v) is 6.45.